The summed E-state index contributed by atoms with van der Waals surface area (Å²) >= 11 is 0. The van der Waals surface area contributed by atoms with Crippen molar-refractivity contribution < 1.29 is 9.90 Å². The van der Waals surface area contributed by atoms with Crippen molar-refractivity contribution in [2.75, 3.05) is 6.54 Å². The van der Waals surface area contributed by atoms with Crippen LogP contribution in [0.2, 0.25) is 0 Å². The third-order valence-corrected chi connectivity index (χ3v) is 2.17. The molecule has 1 rings (SSSR count). The third-order valence-electron chi connectivity index (χ3n) is 2.17. The molecular weight excluding hydrogens is 218 g/mol. The molecule has 0 radical (unpaired) electrons. The molecule has 5 heteroatoms. The number of carbonyl (C=O) groups excluding carboxylic acids is 1. The van der Waals surface area contributed by atoms with Gasteiger partial charge >= 0.3 is 0 Å². The Balaban J connectivity index is 2.70. The van der Waals surface area contributed by atoms with Crippen LogP contribution in [0.15, 0.2) is 29.4 Å². The van der Waals surface area contributed by atoms with Crippen molar-refractivity contribution in [3.63, 3.8) is 0 Å². The predicted octanol–water partition coefficient (Wildman–Crippen LogP) is 3.31. The minimum absolute atomic E-state index is 0.0188. The van der Waals surface area contributed by atoms with Crippen molar-refractivity contribution in [3.05, 3.63) is 45.8 Å². The van der Waals surface area contributed by atoms with Crippen molar-refractivity contribution in [2.45, 2.75) is 13.3 Å². The van der Waals surface area contributed by atoms with E-state index >= 15 is 0 Å². The van der Waals surface area contributed by atoms with Crippen molar-refractivity contribution in [1.29, 1.82) is 0 Å². The van der Waals surface area contributed by atoms with Gasteiger partial charge in [0.05, 0.1) is 5.56 Å². The number of hydrogen-bond acceptors (Lipinski definition) is 3. The minimum atomic E-state index is -0.165. The fourth-order valence-electron chi connectivity index (χ4n) is 1.35. The summed E-state index contributed by atoms with van der Waals surface area (Å²) < 4.78 is 0. The lowest BCUT2D eigenvalue weighted by atomic mass is 10.1. The van der Waals surface area contributed by atoms with Crippen LogP contribution in [0.3, 0.4) is 0 Å². The Morgan fingerprint density at radius 3 is 2.94 bits per heavy atom. The molecule has 0 bridgehead atoms. The van der Waals surface area contributed by atoms with E-state index in [2.05, 4.69) is 10.0 Å². The number of Topliss-reactive ketones (excluding diaryl/α,β-unsaturated/α-hetero) is 1. The van der Waals surface area contributed by atoms with Crippen LogP contribution < -0.4 is 0 Å². The first-order chi connectivity index (χ1) is 8.15. The lowest BCUT2D eigenvalue weighted by Crippen LogP contribution is -1.92. The molecule has 0 aliphatic carbocycles. The second-order valence-corrected chi connectivity index (χ2v) is 3.48. The lowest BCUT2D eigenvalue weighted by molar-refractivity contribution is 0.101. The van der Waals surface area contributed by atoms with E-state index in [1.54, 1.807) is 18.2 Å². The Kier molecular flexibility index (Phi) is 4.78. The Bertz CT molecular complexity index is 489. The molecule has 0 aromatic heterocycles. The summed E-state index contributed by atoms with van der Waals surface area (Å²) in [6, 6.07) is 4.87. The van der Waals surface area contributed by atoms with Crippen molar-refractivity contribution in [2.24, 2.45) is 5.11 Å². The third kappa shape index (κ3) is 4.01. The van der Waals surface area contributed by atoms with E-state index in [1.807, 2.05) is 6.08 Å². The fraction of sp³-hybridized carbons (Fsp3) is 0.250. The van der Waals surface area contributed by atoms with E-state index in [0.717, 1.165) is 5.56 Å². The number of phenolic OH excluding ortho intramolecular Hbond substituents is 1. The average Bonchev–Trinajstić information content (AvgIpc) is 2.28. The highest BCUT2D eigenvalue weighted by atomic mass is 16.3. The number of benzene rings is 1. The standard InChI is InChI=1S/C12H13N3O2/c1-9(16)11-6-5-10(8-12(11)17)4-2-3-7-14-15-13/h2,4-6,8,17H,3,7H2,1H3. The Morgan fingerprint density at radius 1 is 1.59 bits per heavy atom. The lowest BCUT2D eigenvalue weighted by Gasteiger charge is -2.01. The molecule has 0 saturated heterocycles. The quantitative estimate of drug-likeness (QED) is 0.277. The first-order valence-corrected chi connectivity index (χ1v) is 5.16. The molecule has 5 nitrogen and oxygen atoms in total. The summed E-state index contributed by atoms with van der Waals surface area (Å²) in [5.74, 6) is -0.184. The highest BCUT2D eigenvalue weighted by Gasteiger charge is 2.05. The molecule has 0 aliphatic rings. The normalized spacial score (nSPS) is 10.2. The van der Waals surface area contributed by atoms with Crippen LogP contribution in [0.4, 0.5) is 0 Å². The van der Waals surface area contributed by atoms with Gasteiger partial charge in [-0.25, -0.2) is 0 Å². The number of carbonyl (C=O) groups is 1. The maximum Gasteiger partial charge on any atom is 0.163 e. The number of rotatable bonds is 5. The van der Waals surface area contributed by atoms with Crippen LogP contribution in [0.1, 0.15) is 29.3 Å². The fourth-order valence-corrected chi connectivity index (χ4v) is 1.35. The summed E-state index contributed by atoms with van der Waals surface area (Å²) in [5.41, 5.74) is 9.19. The highest BCUT2D eigenvalue weighted by Crippen LogP contribution is 2.20. The molecule has 17 heavy (non-hydrogen) atoms. The molecular formula is C12H13N3O2. The van der Waals surface area contributed by atoms with E-state index in [9.17, 15) is 9.90 Å². The maximum atomic E-state index is 11.1. The predicted molar refractivity (Wildman–Crippen MR) is 65.8 cm³/mol. The summed E-state index contributed by atoms with van der Waals surface area (Å²) in [6.45, 7) is 1.81. The van der Waals surface area contributed by atoms with Crippen molar-refractivity contribution >= 4 is 11.9 Å². The monoisotopic (exact) mass is 231 g/mol. The van der Waals surface area contributed by atoms with Crippen molar-refractivity contribution in [1.82, 2.24) is 0 Å². The molecule has 0 heterocycles. The number of phenols is 1. The summed E-state index contributed by atoms with van der Waals surface area (Å²) in [4.78, 5) is 13.7. The van der Waals surface area contributed by atoms with E-state index in [4.69, 9.17) is 5.53 Å². The van der Waals surface area contributed by atoms with E-state index < -0.39 is 0 Å². The van der Waals surface area contributed by atoms with Crippen LogP contribution in [0.5, 0.6) is 5.75 Å². The topological polar surface area (TPSA) is 86.1 Å². The molecule has 0 spiro atoms. The van der Waals surface area contributed by atoms with Crippen molar-refractivity contribution in [3.8, 4) is 5.75 Å². The smallest absolute Gasteiger partial charge is 0.163 e. The molecule has 88 valence electrons. The number of nitrogens with zero attached hydrogens (tertiary/aromatic N) is 3. The number of ketones is 1. The molecule has 0 amide bonds. The Hall–Kier alpha value is -2.26. The van der Waals surface area contributed by atoms with Gasteiger partial charge in [0, 0.05) is 11.5 Å². The van der Waals surface area contributed by atoms with Crippen LogP contribution in [-0.4, -0.2) is 17.4 Å². The summed E-state index contributed by atoms with van der Waals surface area (Å²) in [5, 5.41) is 13.0. The minimum Gasteiger partial charge on any atom is -0.507 e. The van der Waals surface area contributed by atoms with Gasteiger partial charge in [-0.2, -0.15) is 0 Å². The van der Waals surface area contributed by atoms with Crippen LogP contribution in [0.25, 0.3) is 16.5 Å². The van der Waals surface area contributed by atoms with Gasteiger partial charge in [-0.05, 0) is 36.6 Å². The molecule has 0 saturated carbocycles. The van der Waals surface area contributed by atoms with Gasteiger partial charge in [-0.15, -0.1) is 0 Å². The number of hydrogen-bond donors (Lipinski definition) is 1. The molecule has 1 N–H and O–H groups in total. The second kappa shape index (κ2) is 6.35. The molecule has 1 aromatic carbocycles. The summed E-state index contributed by atoms with van der Waals surface area (Å²) in [6.07, 6.45) is 4.28. The maximum absolute atomic E-state index is 11.1. The van der Waals surface area contributed by atoms with E-state index in [-0.39, 0.29) is 11.5 Å². The number of azide groups is 1. The van der Waals surface area contributed by atoms with Gasteiger partial charge < -0.3 is 5.11 Å². The van der Waals surface area contributed by atoms with Crippen LogP contribution >= 0.6 is 0 Å². The van der Waals surface area contributed by atoms with E-state index in [0.29, 0.717) is 18.5 Å². The van der Waals surface area contributed by atoms with Gasteiger partial charge in [-0.1, -0.05) is 23.3 Å². The van der Waals surface area contributed by atoms with Gasteiger partial charge in [0.25, 0.3) is 0 Å². The van der Waals surface area contributed by atoms with Gasteiger partial charge in [0.1, 0.15) is 5.75 Å². The SMILES string of the molecule is CC(=O)c1ccc(C=CCCN=[N+]=[N-])cc1O. The van der Waals surface area contributed by atoms with Crippen LogP contribution in [-0.2, 0) is 0 Å². The molecule has 0 unspecified atom stereocenters. The Labute approximate surface area is 99.0 Å². The van der Waals surface area contributed by atoms with Gasteiger partial charge in [0.15, 0.2) is 5.78 Å². The second-order valence-electron chi connectivity index (χ2n) is 3.48. The molecule has 1 aromatic rings. The summed E-state index contributed by atoms with van der Waals surface area (Å²) in [7, 11) is 0. The molecule has 0 atom stereocenters. The average molecular weight is 231 g/mol. The zero-order chi connectivity index (χ0) is 12.7. The molecule has 0 fully saturated rings. The highest BCUT2D eigenvalue weighted by molar-refractivity contribution is 5.96. The zero-order valence-corrected chi connectivity index (χ0v) is 9.50. The largest absolute Gasteiger partial charge is 0.507 e. The van der Waals surface area contributed by atoms with Gasteiger partial charge in [0.2, 0.25) is 0 Å². The first kappa shape index (κ1) is 12.8. The zero-order valence-electron chi connectivity index (χ0n) is 9.50. The Morgan fingerprint density at radius 2 is 2.35 bits per heavy atom. The van der Waals surface area contributed by atoms with Gasteiger partial charge in [-0.3, -0.25) is 4.79 Å². The van der Waals surface area contributed by atoms with Crippen LogP contribution in [0, 0.1) is 0 Å². The molecule has 0 aliphatic heterocycles. The number of aromatic hydroxyl groups is 1. The van der Waals surface area contributed by atoms with E-state index in [1.165, 1.54) is 13.0 Å². The first-order valence-electron chi connectivity index (χ1n) is 5.16.